The van der Waals surface area contributed by atoms with Crippen LogP contribution in [0.2, 0.25) is 0 Å². The van der Waals surface area contributed by atoms with Gasteiger partial charge >= 0.3 is 6.18 Å². The maximum Gasteiger partial charge on any atom is 0.416 e. The summed E-state index contributed by atoms with van der Waals surface area (Å²) in [6.45, 7) is 3.95. The van der Waals surface area contributed by atoms with Crippen LogP contribution in [0.4, 0.5) is 13.2 Å². The molecule has 1 aliphatic heterocycles. The summed E-state index contributed by atoms with van der Waals surface area (Å²) in [5, 5.41) is 6.05. The molecule has 1 aliphatic rings. The standard InChI is InChI=1S/C17H21F3N2O/c1-12(16(23)22-11-13-5-7-21-8-6-13)9-14-3-2-4-15(10-14)17(18,19)20/h2-5,10,12,21H,6-9,11H2,1H3,(H,22,23). The predicted octanol–water partition coefficient (Wildman–Crippen LogP) is 2.92. The maximum atomic E-state index is 12.7. The van der Waals surface area contributed by atoms with Gasteiger partial charge in [-0.05, 0) is 31.0 Å². The molecule has 0 fully saturated rings. The van der Waals surface area contributed by atoms with E-state index in [4.69, 9.17) is 0 Å². The van der Waals surface area contributed by atoms with Crippen molar-refractivity contribution >= 4 is 5.91 Å². The van der Waals surface area contributed by atoms with Crippen molar-refractivity contribution in [3.05, 3.63) is 47.0 Å². The van der Waals surface area contributed by atoms with Gasteiger partial charge in [-0.2, -0.15) is 13.2 Å². The maximum absolute atomic E-state index is 12.7. The highest BCUT2D eigenvalue weighted by Gasteiger charge is 2.30. The minimum atomic E-state index is -4.36. The lowest BCUT2D eigenvalue weighted by molar-refractivity contribution is -0.137. The molecule has 1 atom stereocenters. The molecule has 3 nitrogen and oxygen atoms in total. The van der Waals surface area contributed by atoms with Gasteiger partial charge in [0.25, 0.3) is 0 Å². The number of rotatable bonds is 5. The number of hydrogen-bond donors (Lipinski definition) is 2. The zero-order valence-electron chi connectivity index (χ0n) is 13.0. The van der Waals surface area contributed by atoms with E-state index in [0.29, 0.717) is 12.1 Å². The summed E-state index contributed by atoms with van der Waals surface area (Å²) in [4.78, 5) is 12.1. The van der Waals surface area contributed by atoms with E-state index in [1.54, 1.807) is 13.0 Å². The minimum Gasteiger partial charge on any atom is -0.352 e. The summed E-state index contributed by atoms with van der Waals surface area (Å²) in [6.07, 6.45) is -1.11. The average molecular weight is 326 g/mol. The Labute approximate surface area is 134 Å². The van der Waals surface area contributed by atoms with Gasteiger partial charge in [0.1, 0.15) is 0 Å². The second-order valence-corrected chi connectivity index (χ2v) is 5.84. The van der Waals surface area contributed by atoms with E-state index in [1.807, 2.05) is 0 Å². The van der Waals surface area contributed by atoms with Crippen LogP contribution in [0.25, 0.3) is 0 Å². The first-order valence-electron chi connectivity index (χ1n) is 7.68. The van der Waals surface area contributed by atoms with Crippen LogP contribution in [-0.4, -0.2) is 25.5 Å². The van der Waals surface area contributed by atoms with E-state index in [9.17, 15) is 18.0 Å². The van der Waals surface area contributed by atoms with E-state index >= 15 is 0 Å². The summed E-state index contributed by atoms with van der Waals surface area (Å²) < 4.78 is 38.1. The zero-order chi connectivity index (χ0) is 16.9. The van der Waals surface area contributed by atoms with Gasteiger partial charge < -0.3 is 10.6 Å². The Hall–Kier alpha value is -1.82. The second-order valence-electron chi connectivity index (χ2n) is 5.84. The van der Waals surface area contributed by atoms with Gasteiger partial charge in [-0.3, -0.25) is 4.79 Å². The first-order valence-corrected chi connectivity index (χ1v) is 7.68. The van der Waals surface area contributed by atoms with Crippen molar-refractivity contribution in [2.75, 3.05) is 19.6 Å². The lowest BCUT2D eigenvalue weighted by Crippen LogP contribution is -2.33. The van der Waals surface area contributed by atoms with Gasteiger partial charge in [-0.1, -0.05) is 36.8 Å². The average Bonchev–Trinajstić information content (AvgIpc) is 2.53. The van der Waals surface area contributed by atoms with Crippen molar-refractivity contribution in [1.82, 2.24) is 10.6 Å². The van der Waals surface area contributed by atoms with Crippen LogP contribution in [0.1, 0.15) is 24.5 Å². The SMILES string of the molecule is CC(Cc1cccc(C(F)(F)F)c1)C(=O)NCC1=CCNCC1. The molecule has 0 radical (unpaired) electrons. The van der Waals surface area contributed by atoms with Crippen molar-refractivity contribution in [2.24, 2.45) is 5.92 Å². The number of nitrogens with one attached hydrogen (secondary N) is 2. The van der Waals surface area contributed by atoms with Gasteiger partial charge in [0, 0.05) is 19.0 Å². The molecular formula is C17H21F3N2O. The number of benzene rings is 1. The summed E-state index contributed by atoms with van der Waals surface area (Å²) >= 11 is 0. The van der Waals surface area contributed by atoms with Crippen LogP contribution in [0.3, 0.4) is 0 Å². The number of hydrogen-bond acceptors (Lipinski definition) is 2. The third kappa shape index (κ3) is 5.39. The number of carbonyl (C=O) groups is 1. The van der Waals surface area contributed by atoms with E-state index in [0.717, 1.165) is 31.6 Å². The van der Waals surface area contributed by atoms with Crippen LogP contribution in [0.5, 0.6) is 0 Å². The quantitative estimate of drug-likeness (QED) is 0.817. The van der Waals surface area contributed by atoms with Crippen LogP contribution in [0, 0.1) is 5.92 Å². The molecule has 0 saturated heterocycles. The van der Waals surface area contributed by atoms with Crippen molar-refractivity contribution in [3.63, 3.8) is 0 Å². The van der Waals surface area contributed by atoms with Crippen LogP contribution < -0.4 is 10.6 Å². The van der Waals surface area contributed by atoms with Crippen LogP contribution in [0.15, 0.2) is 35.9 Å². The Morgan fingerprint density at radius 3 is 2.83 bits per heavy atom. The molecule has 23 heavy (non-hydrogen) atoms. The highest BCUT2D eigenvalue weighted by atomic mass is 19.4. The Bertz CT molecular complexity index is 581. The van der Waals surface area contributed by atoms with E-state index in [2.05, 4.69) is 16.7 Å². The molecular weight excluding hydrogens is 305 g/mol. The number of amides is 1. The minimum absolute atomic E-state index is 0.137. The predicted molar refractivity (Wildman–Crippen MR) is 82.9 cm³/mol. The fraction of sp³-hybridized carbons (Fsp3) is 0.471. The Kier molecular flexibility index (Phi) is 5.82. The number of carbonyl (C=O) groups excluding carboxylic acids is 1. The number of alkyl halides is 3. The highest BCUT2D eigenvalue weighted by molar-refractivity contribution is 5.78. The molecule has 2 rings (SSSR count). The summed E-state index contributed by atoms with van der Waals surface area (Å²) in [7, 11) is 0. The van der Waals surface area contributed by atoms with Gasteiger partial charge in [0.05, 0.1) is 5.56 Å². The van der Waals surface area contributed by atoms with Crippen molar-refractivity contribution in [1.29, 1.82) is 0 Å². The molecule has 1 unspecified atom stereocenters. The fourth-order valence-corrected chi connectivity index (χ4v) is 2.53. The van der Waals surface area contributed by atoms with Gasteiger partial charge in [0.15, 0.2) is 0 Å². The van der Waals surface area contributed by atoms with E-state index in [-0.39, 0.29) is 18.2 Å². The molecule has 1 heterocycles. The molecule has 1 aromatic rings. The third-order valence-electron chi connectivity index (χ3n) is 3.89. The molecule has 0 aromatic heterocycles. The Morgan fingerprint density at radius 1 is 1.39 bits per heavy atom. The first kappa shape index (κ1) is 17.5. The van der Waals surface area contributed by atoms with Crippen molar-refractivity contribution in [2.45, 2.75) is 25.9 Å². The molecule has 2 N–H and O–H groups in total. The largest absolute Gasteiger partial charge is 0.416 e. The van der Waals surface area contributed by atoms with Gasteiger partial charge in [-0.25, -0.2) is 0 Å². The van der Waals surface area contributed by atoms with E-state index in [1.165, 1.54) is 11.6 Å². The molecule has 0 spiro atoms. The molecule has 1 amide bonds. The molecule has 0 aliphatic carbocycles. The smallest absolute Gasteiger partial charge is 0.352 e. The molecule has 126 valence electrons. The topological polar surface area (TPSA) is 41.1 Å². The molecule has 0 saturated carbocycles. The van der Waals surface area contributed by atoms with Crippen LogP contribution in [-0.2, 0) is 17.4 Å². The highest BCUT2D eigenvalue weighted by Crippen LogP contribution is 2.30. The molecule has 6 heteroatoms. The van der Waals surface area contributed by atoms with Crippen molar-refractivity contribution < 1.29 is 18.0 Å². The zero-order valence-corrected chi connectivity index (χ0v) is 13.0. The fourth-order valence-electron chi connectivity index (χ4n) is 2.53. The lowest BCUT2D eigenvalue weighted by Gasteiger charge is -2.17. The summed E-state index contributed by atoms with van der Waals surface area (Å²) in [5.74, 6) is -0.511. The third-order valence-corrected chi connectivity index (χ3v) is 3.89. The molecule has 1 aromatic carbocycles. The van der Waals surface area contributed by atoms with Crippen molar-refractivity contribution in [3.8, 4) is 0 Å². The Balaban J connectivity index is 1.89. The summed E-state index contributed by atoms with van der Waals surface area (Å²) in [5.41, 5.74) is 1.02. The first-order chi connectivity index (χ1) is 10.9. The second kappa shape index (κ2) is 7.64. The van der Waals surface area contributed by atoms with E-state index < -0.39 is 11.7 Å². The lowest BCUT2D eigenvalue weighted by atomic mass is 9.98. The Morgan fingerprint density at radius 2 is 2.17 bits per heavy atom. The van der Waals surface area contributed by atoms with Crippen LogP contribution >= 0.6 is 0 Å². The molecule has 0 bridgehead atoms. The van der Waals surface area contributed by atoms with Gasteiger partial charge in [0.2, 0.25) is 5.91 Å². The summed E-state index contributed by atoms with van der Waals surface area (Å²) in [6, 6.07) is 5.15. The monoisotopic (exact) mass is 326 g/mol. The number of halogens is 3. The van der Waals surface area contributed by atoms with Gasteiger partial charge in [-0.15, -0.1) is 0 Å². The normalized spacial score (nSPS) is 16.6.